The Hall–Kier alpha value is -2.61. The van der Waals surface area contributed by atoms with Crippen LogP contribution in [0.4, 0.5) is 4.79 Å². The fourth-order valence-corrected chi connectivity index (χ4v) is 4.05. The molecular weight excluding hydrogens is 360 g/mol. The molecule has 2 fully saturated rings. The second-order valence-corrected chi connectivity index (χ2v) is 7.53. The van der Waals surface area contributed by atoms with E-state index in [1.54, 1.807) is 4.90 Å². The Morgan fingerprint density at radius 3 is 2.64 bits per heavy atom. The van der Waals surface area contributed by atoms with Crippen LogP contribution in [-0.2, 0) is 20.9 Å². The average Bonchev–Trinajstić information content (AvgIpc) is 3.01. The Bertz CT molecular complexity index is 711. The molecule has 4 N–H and O–H groups in total. The van der Waals surface area contributed by atoms with Crippen molar-refractivity contribution < 1.29 is 19.1 Å². The number of amides is 3. The number of alkyl carbamates (subject to hydrolysis) is 1. The standard InChI is InChI=1S/C20H28N4O4/c1-13(25)22-17-11-15(21)7-8-18(17)24-10-9-16(19(24)26)23-20(27)28-12-14-5-3-2-4-6-14/h2-6,15-18H,7-12,21H2,1H3,(H,22,25)(H,23,27)/t15-,16+,17-,18+/m1/s1. The van der Waals surface area contributed by atoms with E-state index in [1.807, 2.05) is 30.3 Å². The van der Waals surface area contributed by atoms with E-state index < -0.39 is 12.1 Å². The number of nitrogens with one attached hydrogen (secondary N) is 2. The van der Waals surface area contributed by atoms with E-state index in [9.17, 15) is 14.4 Å². The molecule has 152 valence electrons. The van der Waals surface area contributed by atoms with Crippen LogP contribution in [0.1, 0.15) is 38.2 Å². The van der Waals surface area contributed by atoms with Crippen LogP contribution in [0.25, 0.3) is 0 Å². The van der Waals surface area contributed by atoms with Gasteiger partial charge in [0.1, 0.15) is 12.6 Å². The fourth-order valence-electron chi connectivity index (χ4n) is 4.05. The summed E-state index contributed by atoms with van der Waals surface area (Å²) in [6.45, 7) is 2.16. The van der Waals surface area contributed by atoms with Crippen molar-refractivity contribution >= 4 is 17.9 Å². The smallest absolute Gasteiger partial charge is 0.408 e. The number of likely N-dealkylation sites (tertiary alicyclic amines) is 1. The van der Waals surface area contributed by atoms with E-state index in [0.29, 0.717) is 19.4 Å². The first-order chi connectivity index (χ1) is 13.4. The van der Waals surface area contributed by atoms with Crippen molar-refractivity contribution in [2.45, 2.75) is 63.4 Å². The molecule has 3 rings (SSSR count). The van der Waals surface area contributed by atoms with Crippen LogP contribution in [0.2, 0.25) is 0 Å². The van der Waals surface area contributed by atoms with Gasteiger partial charge in [0.2, 0.25) is 11.8 Å². The van der Waals surface area contributed by atoms with Gasteiger partial charge in [0.15, 0.2) is 0 Å². The van der Waals surface area contributed by atoms with Crippen LogP contribution >= 0.6 is 0 Å². The summed E-state index contributed by atoms with van der Waals surface area (Å²) >= 11 is 0. The minimum atomic E-state index is -0.604. The summed E-state index contributed by atoms with van der Waals surface area (Å²) < 4.78 is 5.21. The minimum absolute atomic E-state index is 0.0210. The van der Waals surface area contributed by atoms with Gasteiger partial charge in [0, 0.05) is 19.5 Å². The first-order valence-electron chi connectivity index (χ1n) is 9.74. The quantitative estimate of drug-likeness (QED) is 0.693. The number of ether oxygens (including phenoxy) is 1. The Balaban J connectivity index is 1.54. The highest BCUT2D eigenvalue weighted by atomic mass is 16.5. The molecule has 1 aromatic rings. The van der Waals surface area contributed by atoms with E-state index in [0.717, 1.165) is 18.4 Å². The van der Waals surface area contributed by atoms with Crippen LogP contribution < -0.4 is 16.4 Å². The molecule has 1 saturated heterocycles. The highest BCUT2D eigenvalue weighted by molar-refractivity contribution is 5.87. The predicted octanol–water partition coefficient (Wildman–Crippen LogP) is 0.898. The van der Waals surface area contributed by atoms with E-state index in [1.165, 1.54) is 6.92 Å². The lowest BCUT2D eigenvalue weighted by atomic mass is 9.86. The molecule has 0 spiro atoms. The van der Waals surface area contributed by atoms with Gasteiger partial charge in [0.05, 0.1) is 12.1 Å². The maximum absolute atomic E-state index is 12.8. The SMILES string of the molecule is CC(=O)N[C@@H]1C[C@H](N)CC[C@@H]1N1CC[C@H](NC(=O)OCc2ccccc2)C1=O. The molecular formula is C20H28N4O4. The van der Waals surface area contributed by atoms with E-state index in [4.69, 9.17) is 10.5 Å². The molecule has 2 aliphatic rings. The summed E-state index contributed by atoms with van der Waals surface area (Å²) in [7, 11) is 0. The van der Waals surface area contributed by atoms with E-state index >= 15 is 0 Å². The molecule has 1 aliphatic carbocycles. The van der Waals surface area contributed by atoms with Gasteiger partial charge < -0.3 is 26.0 Å². The predicted molar refractivity (Wildman–Crippen MR) is 103 cm³/mol. The number of carbonyl (C=O) groups excluding carboxylic acids is 3. The van der Waals surface area contributed by atoms with Gasteiger partial charge in [-0.2, -0.15) is 0 Å². The molecule has 1 aliphatic heterocycles. The van der Waals surface area contributed by atoms with Gasteiger partial charge in [-0.05, 0) is 31.2 Å². The molecule has 8 nitrogen and oxygen atoms in total. The summed E-state index contributed by atoms with van der Waals surface area (Å²) in [6, 6.07) is 8.54. The summed E-state index contributed by atoms with van der Waals surface area (Å²) in [6.07, 6.45) is 2.11. The molecule has 3 amide bonds. The first-order valence-corrected chi connectivity index (χ1v) is 9.74. The average molecular weight is 388 g/mol. The molecule has 28 heavy (non-hydrogen) atoms. The summed E-state index contributed by atoms with van der Waals surface area (Å²) in [4.78, 5) is 38.2. The molecule has 0 bridgehead atoms. The van der Waals surface area contributed by atoms with Crippen LogP contribution in [0.5, 0.6) is 0 Å². The van der Waals surface area contributed by atoms with Crippen molar-refractivity contribution in [3.05, 3.63) is 35.9 Å². The number of rotatable bonds is 5. The molecule has 1 saturated carbocycles. The number of carbonyl (C=O) groups is 3. The molecule has 1 aromatic carbocycles. The second-order valence-electron chi connectivity index (χ2n) is 7.53. The molecule has 0 aromatic heterocycles. The Morgan fingerprint density at radius 2 is 1.93 bits per heavy atom. The monoisotopic (exact) mass is 388 g/mol. The maximum atomic E-state index is 12.8. The van der Waals surface area contributed by atoms with Gasteiger partial charge in [-0.1, -0.05) is 30.3 Å². The van der Waals surface area contributed by atoms with Crippen molar-refractivity contribution in [2.24, 2.45) is 5.73 Å². The lowest BCUT2D eigenvalue weighted by Gasteiger charge is -2.40. The van der Waals surface area contributed by atoms with Gasteiger partial charge in [-0.3, -0.25) is 9.59 Å². The molecule has 4 atom stereocenters. The number of benzene rings is 1. The van der Waals surface area contributed by atoms with E-state index in [-0.39, 0.29) is 36.5 Å². The van der Waals surface area contributed by atoms with Crippen molar-refractivity contribution in [2.75, 3.05) is 6.54 Å². The molecule has 0 radical (unpaired) electrons. The lowest BCUT2D eigenvalue weighted by Crippen LogP contribution is -2.57. The van der Waals surface area contributed by atoms with Crippen LogP contribution in [0, 0.1) is 0 Å². The fraction of sp³-hybridized carbons (Fsp3) is 0.550. The molecule has 0 unspecified atom stereocenters. The van der Waals surface area contributed by atoms with Crippen LogP contribution in [0.3, 0.4) is 0 Å². The maximum Gasteiger partial charge on any atom is 0.408 e. The number of nitrogens with zero attached hydrogens (tertiary/aromatic N) is 1. The minimum Gasteiger partial charge on any atom is -0.445 e. The third-order valence-electron chi connectivity index (χ3n) is 5.39. The Morgan fingerprint density at radius 1 is 1.18 bits per heavy atom. The van der Waals surface area contributed by atoms with Gasteiger partial charge in [0.25, 0.3) is 0 Å². The molecule has 8 heteroatoms. The zero-order valence-electron chi connectivity index (χ0n) is 16.1. The van der Waals surface area contributed by atoms with Crippen molar-refractivity contribution in [3.63, 3.8) is 0 Å². The Kier molecular flexibility index (Phi) is 6.51. The largest absolute Gasteiger partial charge is 0.445 e. The number of hydrogen-bond acceptors (Lipinski definition) is 5. The molecule has 1 heterocycles. The highest BCUT2D eigenvalue weighted by Gasteiger charge is 2.42. The van der Waals surface area contributed by atoms with Crippen molar-refractivity contribution in [1.29, 1.82) is 0 Å². The van der Waals surface area contributed by atoms with E-state index in [2.05, 4.69) is 10.6 Å². The van der Waals surface area contributed by atoms with Crippen LogP contribution in [0.15, 0.2) is 30.3 Å². The van der Waals surface area contributed by atoms with Gasteiger partial charge in [-0.15, -0.1) is 0 Å². The third kappa shape index (κ3) is 5.01. The zero-order chi connectivity index (χ0) is 20.1. The van der Waals surface area contributed by atoms with Crippen LogP contribution in [-0.4, -0.2) is 53.5 Å². The van der Waals surface area contributed by atoms with Crippen molar-refractivity contribution in [3.8, 4) is 0 Å². The first kappa shape index (κ1) is 20.1. The lowest BCUT2D eigenvalue weighted by molar-refractivity contribution is -0.133. The van der Waals surface area contributed by atoms with Gasteiger partial charge in [-0.25, -0.2) is 4.79 Å². The summed E-state index contributed by atoms with van der Waals surface area (Å²) in [5.41, 5.74) is 6.93. The van der Waals surface area contributed by atoms with Gasteiger partial charge >= 0.3 is 6.09 Å². The second kappa shape index (κ2) is 9.05. The highest BCUT2D eigenvalue weighted by Crippen LogP contribution is 2.27. The topological polar surface area (TPSA) is 114 Å². The Labute approximate surface area is 164 Å². The normalized spacial score (nSPS) is 27.4. The summed E-state index contributed by atoms with van der Waals surface area (Å²) in [5, 5.41) is 5.60. The summed E-state index contributed by atoms with van der Waals surface area (Å²) in [5.74, 6) is -0.262. The van der Waals surface area contributed by atoms with Crippen molar-refractivity contribution in [1.82, 2.24) is 15.5 Å². The number of nitrogens with two attached hydrogens (primary N) is 1. The number of hydrogen-bond donors (Lipinski definition) is 3. The zero-order valence-corrected chi connectivity index (χ0v) is 16.1. The third-order valence-corrected chi connectivity index (χ3v) is 5.39.